The summed E-state index contributed by atoms with van der Waals surface area (Å²) in [4.78, 5) is 4.13. The van der Waals surface area contributed by atoms with Crippen LogP contribution in [-0.4, -0.2) is 22.7 Å². The molecule has 0 aliphatic carbocycles. The standard InChI is InChI=1S/C11H16Cl2N2O/c1-7(2)10(3-4-16)15-11-9(13)5-8(12)6-14-11/h5-7,10,16H,3-4H2,1-2H3,(H,14,15). The van der Waals surface area contributed by atoms with Gasteiger partial charge in [0.2, 0.25) is 0 Å². The lowest BCUT2D eigenvalue weighted by Crippen LogP contribution is -2.27. The maximum atomic E-state index is 8.96. The smallest absolute Gasteiger partial charge is 0.145 e. The number of hydrogen-bond donors (Lipinski definition) is 2. The number of pyridine rings is 1. The second-order valence-corrected chi connectivity index (χ2v) is 4.83. The highest BCUT2D eigenvalue weighted by Crippen LogP contribution is 2.24. The third-order valence-corrected chi connectivity index (χ3v) is 2.87. The van der Waals surface area contributed by atoms with Crippen molar-refractivity contribution in [2.75, 3.05) is 11.9 Å². The van der Waals surface area contributed by atoms with Crippen molar-refractivity contribution in [3.8, 4) is 0 Å². The molecule has 1 aromatic rings. The summed E-state index contributed by atoms with van der Waals surface area (Å²) in [6.45, 7) is 4.30. The predicted octanol–water partition coefficient (Wildman–Crippen LogP) is 3.21. The van der Waals surface area contributed by atoms with E-state index in [1.807, 2.05) is 0 Å². The maximum Gasteiger partial charge on any atom is 0.145 e. The third kappa shape index (κ3) is 3.81. The van der Waals surface area contributed by atoms with Crippen LogP contribution < -0.4 is 5.32 Å². The molecule has 90 valence electrons. The Bertz CT molecular complexity index is 345. The van der Waals surface area contributed by atoms with Crippen molar-refractivity contribution < 1.29 is 5.11 Å². The number of nitrogens with one attached hydrogen (secondary N) is 1. The Morgan fingerprint density at radius 3 is 2.62 bits per heavy atom. The Labute approximate surface area is 106 Å². The Morgan fingerprint density at radius 2 is 2.12 bits per heavy atom. The number of anilines is 1. The molecule has 1 unspecified atom stereocenters. The van der Waals surface area contributed by atoms with E-state index in [-0.39, 0.29) is 12.6 Å². The number of nitrogens with zero attached hydrogens (tertiary/aromatic N) is 1. The van der Waals surface area contributed by atoms with E-state index >= 15 is 0 Å². The first-order valence-corrected chi connectivity index (χ1v) is 5.98. The van der Waals surface area contributed by atoms with E-state index < -0.39 is 0 Å². The fourth-order valence-corrected chi connectivity index (χ4v) is 1.84. The van der Waals surface area contributed by atoms with Gasteiger partial charge in [0.15, 0.2) is 0 Å². The fraction of sp³-hybridized carbons (Fsp3) is 0.545. The van der Waals surface area contributed by atoms with Crippen LogP contribution in [0.4, 0.5) is 5.82 Å². The second-order valence-electron chi connectivity index (χ2n) is 3.99. The number of halogens is 2. The molecule has 0 aromatic carbocycles. The lowest BCUT2D eigenvalue weighted by molar-refractivity contribution is 0.267. The minimum absolute atomic E-state index is 0.140. The van der Waals surface area contributed by atoms with Crippen LogP contribution in [0, 0.1) is 5.92 Å². The lowest BCUT2D eigenvalue weighted by Gasteiger charge is -2.22. The highest BCUT2D eigenvalue weighted by Gasteiger charge is 2.14. The monoisotopic (exact) mass is 262 g/mol. The van der Waals surface area contributed by atoms with Crippen molar-refractivity contribution in [1.29, 1.82) is 0 Å². The average Bonchev–Trinajstić information content (AvgIpc) is 2.20. The van der Waals surface area contributed by atoms with Crippen molar-refractivity contribution in [2.24, 2.45) is 5.92 Å². The van der Waals surface area contributed by atoms with Gasteiger partial charge in [-0.05, 0) is 18.4 Å². The highest BCUT2D eigenvalue weighted by molar-refractivity contribution is 6.35. The van der Waals surface area contributed by atoms with E-state index in [0.29, 0.717) is 28.2 Å². The van der Waals surface area contributed by atoms with Gasteiger partial charge in [-0.1, -0.05) is 37.0 Å². The molecular formula is C11H16Cl2N2O. The number of rotatable bonds is 5. The molecule has 16 heavy (non-hydrogen) atoms. The van der Waals surface area contributed by atoms with Gasteiger partial charge in [-0.15, -0.1) is 0 Å². The zero-order chi connectivity index (χ0) is 12.1. The van der Waals surface area contributed by atoms with E-state index in [0.717, 1.165) is 0 Å². The first-order chi connectivity index (χ1) is 7.54. The van der Waals surface area contributed by atoms with Crippen LogP contribution in [0.15, 0.2) is 12.3 Å². The van der Waals surface area contributed by atoms with Crippen LogP contribution in [0.5, 0.6) is 0 Å². The predicted molar refractivity (Wildman–Crippen MR) is 68.2 cm³/mol. The van der Waals surface area contributed by atoms with Gasteiger partial charge in [0.1, 0.15) is 5.82 Å². The summed E-state index contributed by atoms with van der Waals surface area (Å²) in [6, 6.07) is 1.80. The van der Waals surface area contributed by atoms with Crippen LogP contribution >= 0.6 is 23.2 Å². The van der Waals surface area contributed by atoms with E-state index in [2.05, 4.69) is 24.1 Å². The Hall–Kier alpha value is -0.510. The summed E-state index contributed by atoms with van der Waals surface area (Å²) in [7, 11) is 0. The van der Waals surface area contributed by atoms with Crippen molar-refractivity contribution >= 4 is 29.0 Å². The molecule has 2 N–H and O–H groups in total. The van der Waals surface area contributed by atoms with Crippen LogP contribution in [0.25, 0.3) is 0 Å². The molecule has 0 radical (unpaired) electrons. The molecule has 0 saturated heterocycles. The summed E-state index contributed by atoms with van der Waals surface area (Å²) in [5.74, 6) is 0.999. The molecular weight excluding hydrogens is 247 g/mol. The molecule has 0 saturated carbocycles. The van der Waals surface area contributed by atoms with Gasteiger partial charge in [-0.3, -0.25) is 0 Å². The quantitative estimate of drug-likeness (QED) is 0.857. The number of aliphatic hydroxyl groups excluding tert-OH is 1. The van der Waals surface area contributed by atoms with E-state index in [1.54, 1.807) is 12.3 Å². The molecule has 0 aliphatic rings. The minimum atomic E-state index is 0.140. The molecule has 0 aliphatic heterocycles. The molecule has 0 fully saturated rings. The van der Waals surface area contributed by atoms with Gasteiger partial charge < -0.3 is 10.4 Å². The zero-order valence-corrected chi connectivity index (χ0v) is 10.9. The van der Waals surface area contributed by atoms with Crippen LogP contribution in [0.3, 0.4) is 0 Å². The Balaban J connectivity index is 2.77. The summed E-state index contributed by atoms with van der Waals surface area (Å²) in [5, 5.41) is 13.2. The minimum Gasteiger partial charge on any atom is -0.396 e. The van der Waals surface area contributed by atoms with Crippen molar-refractivity contribution in [2.45, 2.75) is 26.3 Å². The van der Waals surface area contributed by atoms with Gasteiger partial charge in [0.05, 0.1) is 10.0 Å². The lowest BCUT2D eigenvalue weighted by atomic mass is 10.0. The van der Waals surface area contributed by atoms with Crippen LogP contribution in [0.2, 0.25) is 10.0 Å². The van der Waals surface area contributed by atoms with E-state index in [1.165, 1.54) is 0 Å². The maximum absolute atomic E-state index is 8.96. The topological polar surface area (TPSA) is 45.1 Å². The van der Waals surface area contributed by atoms with Crippen LogP contribution in [-0.2, 0) is 0 Å². The molecule has 0 amide bonds. The van der Waals surface area contributed by atoms with E-state index in [4.69, 9.17) is 28.3 Å². The van der Waals surface area contributed by atoms with E-state index in [9.17, 15) is 0 Å². The first kappa shape index (κ1) is 13.6. The molecule has 1 rings (SSSR count). The fourth-order valence-electron chi connectivity index (χ4n) is 1.41. The normalized spacial score (nSPS) is 12.9. The molecule has 1 atom stereocenters. The summed E-state index contributed by atoms with van der Waals surface area (Å²) >= 11 is 11.8. The largest absolute Gasteiger partial charge is 0.396 e. The first-order valence-electron chi connectivity index (χ1n) is 5.23. The zero-order valence-electron chi connectivity index (χ0n) is 9.37. The van der Waals surface area contributed by atoms with Gasteiger partial charge in [0.25, 0.3) is 0 Å². The van der Waals surface area contributed by atoms with Gasteiger partial charge in [-0.2, -0.15) is 0 Å². The van der Waals surface area contributed by atoms with Gasteiger partial charge in [-0.25, -0.2) is 4.98 Å². The Morgan fingerprint density at radius 1 is 1.44 bits per heavy atom. The number of aliphatic hydroxyl groups is 1. The molecule has 0 spiro atoms. The Kier molecular flexibility index (Phi) is 5.32. The van der Waals surface area contributed by atoms with Gasteiger partial charge in [0, 0.05) is 18.8 Å². The SMILES string of the molecule is CC(C)C(CCO)Nc1ncc(Cl)cc1Cl. The molecule has 5 heteroatoms. The summed E-state index contributed by atoms with van der Waals surface area (Å²) in [6.07, 6.45) is 2.21. The third-order valence-electron chi connectivity index (χ3n) is 2.37. The van der Waals surface area contributed by atoms with Crippen molar-refractivity contribution in [3.05, 3.63) is 22.3 Å². The molecule has 3 nitrogen and oxygen atoms in total. The highest BCUT2D eigenvalue weighted by atomic mass is 35.5. The van der Waals surface area contributed by atoms with Crippen molar-refractivity contribution in [3.63, 3.8) is 0 Å². The summed E-state index contributed by atoms with van der Waals surface area (Å²) < 4.78 is 0. The van der Waals surface area contributed by atoms with Crippen LogP contribution in [0.1, 0.15) is 20.3 Å². The molecule has 1 aromatic heterocycles. The molecule has 1 heterocycles. The van der Waals surface area contributed by atoms with Crippen molar-refractivity contribution in [1.82, 2.24) is 4.98 Å². The number of hydrogen-bond acceptors (Lipinski definition) is 3. The average molecular weight is 263 g/mol. The second kappa shape index (κ2) is 6.28. The molecule has 0 bridgehead atoms. The number of aromatic nitrogens is 1. The summed E-state index contributed by atoms with van der Waals surface area (Å²) in [5.41, 5.74) is 0. The van der Waals surface area contributed by atoms with Gasteiger partial charge >= 0.3 is 0 Å².